The largest absolute Gasteiger partial charge is 0.508 e. The molecule has 0 radical (unpaired) electrons. The Morgan fingerprint density at radius 3 is 2.43 bits per heavy atom. The number of likely N-dealkylation sites (N-methyl/N-ethyl adjacent to an activating group) is 1. The van der Waals surface area contributed by atoms with E-state index in [9.17, 15) is 39.9 Å². The van der Waals surface area contributed by atoms with E-state index in [2.05, 4.69) is 0 Å². The van der Waals surface area contributed by atoms with Crippen LogP contribution in [-0.4, -0.2) is 91.3 Å². The second-order valence-corrected chi connectivity index (χ2v) is 10.6. The van der Waals surface area contributed by atoms with Gasteiger partial charge in [0.1, 0.15) is 22.8 Å². The number of nitrogens with two attached hydrogens (primary N) is 1. The third kappa shape index (κ3) is 3.33. The lowest BCUT2D eigenvalue weighted by molar-refractivity contribution is -0.169. The number of phenolic OH excluding ortho intramolecular Hbond substituents is 1. The predicted octanol–water partition coefficient (Wildman–Crippen LogP) is 0.229. The number of hydrogen-bond acceptors (Lipinski definition) is 10. The highest BCUT2D eigenvalue weighted by Gasteiger charge is 2.68. The topological polar surface area (TPSA) is 182 Å². The molecule has 188 valence electrons. The molecule has 11 heteroatoms. The maximum atomic E-state index is 13.9. The maximum absolute atomic E-state index is 13.9. The lowest BCUT2D eigenvalue weighted by Crippen LogP contribution is -2.70. The average Bonchev–Trinajstić information content (AvgIpc) is 2.78. The molecule has 7 N–H and O–H groups in total. The number of amides is 1. The Hall–Kier alpha value is -2.86. The summed E-state index contributed by atoms with van der Waals surface area (Å²) in [7, 11) is 2.95. The second kappa shape index (κ2) is 8.66. The minimum absolute atomic E-state index is 0.00214. The fraction of sp³-hybridized carbons (Fsp3) is 0.458. The van der Waals surface area contributed by atoms with Gasteiger partial charge in [0, 0.05) is 23.2 Å². The summed E-state index contributed by atoms with van der Waals surface area (Å²) in [4.78, 5) is 40.5. The number of Topliss-reactive ketones (excluding diaryl/α,β-unsaturated/α-hetero) is 2. The number of thioether (sulfide) groups is 1. The normalized spacial score (nSPS) is 32.5. The Kier molecular flexibility index (Phi) is 6.25. The van der Waals surface area contributed by atoms with Crippen LogP contribution in [0.1, 0.15) is 24.0 Å². The average molecular weight is 505 g/mol. The monoisotopic (exact) mass is 504 g/mol. The molecule has 0 spiro atoms. The molecule has 0 saturated heterocycles. The molecule has 1 fully saturated rings. The van der Waals surface area contributed by atoms with Crippen molar-refractivity contribution in [3.05, 3.63) is 46.2 Å². The quantitative estimate of drug-likeness (QED) is 0.304. The van der Waals surface area contributed by atoms with E-state index in [-0.39, 0.29) is 16.9 Å². The van der Waals surface area contributed by atoms with E-state index < -0.39 is 70.1 Å². The van der Waals surface area contributed by atoms with Gasteiger partial charge in [0.15, 0.2) is 11.4 Å². The first-order valence-corrected chi connectivity index (χ1v) is 12.3. The van der Waals surface area contributed by atoms with Crippen molar-refractivity contribution in [3.8, 4) is 5.75 Å². The zero-order valence-corrected chi connectivity index (χ0v) is 20.2. The summed E-state index contributed by atoms with van der Waals surface area (Å²) < 4.78 is 0. The Balaban J connectivity index is 2.05. The number of primary amides is 1. The van der Waals surface area contributed by atoms with Crippen LogP contribution in [0, 0.1) is 11.8 Å². The summed E-state index contributed by atoms with van der Waals surface area (Å²) >= 11 is 1.52. The van der Waals surface area contributed by atoms with Crippen LogP contribution in [0.2, 0.25) is 0 Å². The molecule has 2 unspecified atom stereocenters. The molecule has 1 aromatic carbocycles. The van der Waals surface area contributed by atoms with E-state index in [4.69, 9.17) is 5.73 Å². The summed E-state index contributed by atoms with van der Waals surface area (Å²) in [6, 6.07) is 3.24. The molecule has 0 aliphatic heterocycles. The lowest BCUT2D eigenvalue weighted by atomic mass is 9.54. The predicted molar refractivity (Wildman–Crippen MR) is 128 cm³/mol. The van der Waals surface area contributed by atoms with Gasteiger partial charge < -0.3 is 31.3 Å². The maximum Gasteiger partial charge on any atom is 0.255 e. The molecule has 4 rings (SSSR count). The van der Waals surface area contributed by atoms with Crippen molar-refractivity contribution >= 4 is 35.0 Å². The Labute approximate surface area is 205 Å². The van der Waals surface area contributed by atoms with Gasteiger partial charge in [-0.05, 0) is 31.5 Å². The Bertz CT molecular complexity index is 1190. The van der Waals surface area contributed by atoms with Gasteiger partial charge >= 0.3 is 0 Å². The van der Waals surface area contributed by atoms with E-state index in [1.807, 2.05) is 6.92 Å². The van der Waals surface area contributed by atoms with Gasteiger partial charge in [0.2, 0.25) is 5.78 Å². The number of rotatable bonds is 5. The third-order valence-electron chi connectivity index (χ3n) is 7.30. The Morgan fingerprint density at radius 2 is 1.86 bits per heavy atom. The van der Waals surface area contributed by atoms with Crippen molar-refractivity contribution in [2.75, 3.05) is 25.6 Å². The van der Waals surface area contributed by atoms with Crippen LogP contribution in [-0.2, 0) is 14.4 Å². The number of nitrogens with zero attached hydrogens (tertiary/aromatic N) is 1. The molecule has 0 aromatic heterocycles. The number of aliphatic hydroxyl groups excluding tert-OH is 3. The highest BCUT2D eigenvalue weighted by molar-refractivity contribution is 7.99. The highest BCUT2D eigenvalue weighted by atomic mass is 32.2. The number of carbonyl (C=O) groups is 3. The van der Waals surface area contributed by atoms with Gasteiger partial charge in [0.25, 0.3) is 5.91 Å². The standard InChI is InChI=1S/C24H28N2O8S/c1-4-35-8-10-9-6-5-7-11(27)12(9)18(28)14-13(10)19(29)16-17(26(2)3)20(30)15(23(25)33)22(32)24(16,34)21(14)31/h5-7,10,13,16-17,19,27-29,32,34H,4,8H2,1-3H3,(H2,25,33)/t10-,13?,16?,17-,19-,24-/m0/s1. The van der Waals surface area contributed by atoms with Gasteiger partial charge in [-0.3, -0.25) is 19.3 Å². The molecule has 0 bridgehead atoms. The number of carbonyl (C=O) groups excluding carboxylic acids is 3. The van der Waals surface area contributed by atoms with Gasteiger partial charge in [-0.15, -0.1) is 0 Å². The molecule has 0 heterocycles. The van der Waals surface area contributed by atoms with Crippen molar-refractivity contribution in [2.45, 2.75) is 30.6 Å². The molecule has 1 amide bonds. The van der Waals surface area contributed by atoms with Crippen LogP contribution in [0.4, 0.5) is 0 Å². The van der Waals surface area contributed by atoms with Crippen LogP contribution in [0.15, 0.2) is 35.1 Å². The van der Waals surface area contributed by atoms with E-state index in [0.29, 0.717) is 17.1 Å². The molecule has 35 heavy (non-hydrogen) atoms. The molecule has 6 atom stereocenters. The molecular weight excluding hydrogens is 476 g/mol. The number of hydrogen-bond donors (Lipinski definition) is 6. The fourth-order valence-corrected chi connectivity index (χ4v) is 6.71. The van der Waals surface area contributed by atoms with Crippen LogP contribution in [0.5, 0.6) is 5.75 Å². The number of benzene rings is 1. The summed E-state index contributed by atoms with van der Waals surface area (Å²) in [6.07, 6.45) is -1.60. The number of aliphatic hydroxyl groups is 4. The molecule has 1 saturated carbocycles. The van der Waals surface area contributed by atoms with Crippen molar-refractivity contribution in [2.24, 2.45) is 17.6 Å². The van der Waals surface area contributed by atoms with Gasteiger partial charge in [0.05, 0.1) is 23.6 Å². The van der Waals surface area contributed by atoms with E-state index in [0.717, 1.165) is 0 Å². The number of fused-ring (bicyclic) bond motifs is 3. The van der Waals surface area contributed by atoms with Crippen LogP contribution < -0.4 is 5.73 Å². The SMILES string of the molecule is CCSC[C@H]1c2cccc(O)c2C(O)=C2C(=O)[C@]3(O)C(O)=C(C(N)=O)C(=O)[C@@H](N(C)C)C3[C@@H](O)C21. The third-order valence-corrected chi connectivity index (χ3v) is 8.30. The fourth-order valence-electron chi connectivity index (χ4n) is 5.84. The first-order chi connectivity index (χ1) is 16.4. The van der Waals surface area contributed by atoms with Crippen molar-refractivity contribution < 1.29 is 39.9 Å². The second-order valence-electron chi connectivity index (χ2n) is 9.27. The van der Waals surface area contributed by atoms with Gasteiger partial charge in [-0.25, -0.2) is 0 Å². The lowest BCUT2D eigenvalue weighted by Gasteiger charge is -2.54. The highest BCUT2D eigenvalue weighted by Crippen LogP contribution is 2.56. The van der Waals surface area contributed by atoms with Crippen LogP contribution >= 0.6 is 11.8 Å². The summed E-state index contributed by atoms with van der Waals surface area (Å²) in [5.41, 5.74) is 1.60. The van der Waals surface area contributed by atoms with Crippen LogP contribution in [0.3, 0.4) is 0 Å². The van der Waals surface area contributed by atoms with Gasteiger partial charge in [-0.2, -0.15) is 11.8 Å². The van der Waals surface area contributed by atoms with Crippen molar-refractivity contribution in [1.82, 2.24) is 4.90 Å². The van der Waals surface area contributed by atoms with Gasteiger partial charge in [-0.1, -0.05) is 19.1 Å². The minimum Gasteiger partial charge on any atom is -0.508 e. The van der Waals surface area contributed by atoms with Crippen molar-refractivity contribution in [1.29, 1.82) is 0 Å². The smallest absolute Gasteiger partial charge is 0.255 e. The van der Waals surface area contributed by atoms with E-state index >= 15 is 0 Å². The zero-order valence-electron chi connectivity index (χ0n) is 19.4. The summed E-state index contributed by atoms with van der Waals surface area (Å²) in [5, 5.41) is 55.9. The van der Waals surface area contributed by atoms with E-state index in [1.54, 1.807) is 12.1 Å². The number of aromatic hydroxyl groups is 1. The molecular formula is C24H28N2O8S. The first kappa shape index (κ1) is 25.2. The first-order valence-electron chi connectivity index (χ1n) is 11.1. The minimum atomic E-state index is -2.91. The Morgan fingerprint density at radius 1 is 1.20 bits per heavy atom. The molecule has 1 aromatic rings. The molecule has 3 aliphatic carbocycles. The number of phenols is 1. The van der Waals surface area contributed by atoms with Crippen LogP contribution in [0.25, 0.3) is 5.76 Å². The molecule has 3 aliphatic rings. The molecule has 10 nitrogen and oxygen atoms in total. The van der Waals surface area contributed by atoms with Crippen molar-refractivity contribution in [3.63, 3.8) is 0 Å². The van der Waals surface area contributed by atoms with E-state index in [1.165, 1.54) is 36.8 Å². The number of ketones is 2. The summed E-state index contributed by atoms with van der Waals surface area (Å²) in [6.45, 7) is 1.93. The summed E-state index contributed by atoms with van der Waals surface area (Å²) in [5.74, 6) is -7.67. The zero-order chi connectivity index (χ0) is 26.0.